The molecule has 0 radical (unpaired) electrons. The number of ether oxygens (including phenoxy) is 1. The van der Waals surface area contributed by atoms with Crippen LogP contribution in [-0.4, -0.2) is 17.1 Å². The molecule has 0 aliphatic heterocycles. The van der Waals surface area contributed by atoms with Crippen molar-refractivity contribution in [2.75, 3.05) is 17.7 Å². The minimum Gasteiger partial charge on any atom is -0.497 e. The Bertz CT molecular complexity index is 888. The van der Waals surface area contributed by atoms with Gasteiger partial charge in [-0.3, -0.25) is 0 Å². The van der Waals surface area contributed by atoms with Crippen LogP contribution in [0.2, 0.25) is 0 Å². The third-order valence-corrected chi connectivity index (χ3v) is 3.27. The van der Waals surface area contributed by atoms with Gasteiger partial charge in [-0.2, -0.15) is 5.26 Å². The quantitative estimate of drug-likeness (QED) is 0.744. The van der Waals surface area contributed by atoms with Gasteiger partial charge < -0.3 is 15.4 Å². The lowest BCUT2D eigenvalue weighted by Crippen LogP contribution is -1.98. The molecule has 2 N–H and O–H groups in total. The summed E-state index contributed by atoms with van der Waals surface area (Å²) in [4.78, 5) is 8.41. The molecule has 0 fully saturated rings. The zero-order valence-electron chi connectivity index (χ0n) is 13.0. The van der Waals surface area contributed by atoms with Gasteiger partial charge in [0.05, 0.1) is 18.7 Å². The van der Waals surface area contributed by atoms with Crippen LogP contribution in [0.3, 0.4) is 0 Å². The molecule has 0 saturated heterocycles. The van der Waals surface area contributed by atoms with Crippen molar-refractivity contribution < 1.29 is 4.74 Å². The van der Waals surface area contributed by atoms with E-state index < -0.39 is 0 Å². The van der Waals surface area contributed by atoms with Crippen LogP contribution < -0.4 is 15.4 Å². The van der Waals surface area contributed by atoms with Gasteiger partial charge >= 0.3 is 0 Å². The molecule has 1 aromatic heterocycles. The van der Waals surface area contributed by atoms with Gasteiger partial charge in [-0.25, -0.2) is 9.97 Å². The Kier molecular flexibility index (Phi) is 4.54. The molecule has 6 heteroatoms. The number of nitrogens with one attached hydrogen (secondary N) is 2. The molecule has 2 aromatic carbocycles. The molecule has 24 heavy (non-hydrogen) atoms. The van der Waals surface area contributed by atoms with Crippen LogP contribution in [0.4, 0.5) is 23.0 Å². The number of rotatable bonds is 5. The van der Waals surface area contributed by atoms with E-state index in [4.69, 9.17) is 10.00 Å². The van der Waals surface area contributed by atoms with E-state index in [-0.39, 0.29) is 0 Å². The fourth-order valence-corrected chi connectivity index (χ4v) is 2.16. The lowest BCUT2D eigenvalue weighted by molar-refractivity contribution is 0.415. The second kappa shape index (κ2) is 7.11. The molecule has 0 unspecified atom stereocenters. The molecular weight excluding hydrogens is 302 g/mol. The van der Waals surface area contributed by atoms with Gasteiger partial charge in [-0.15, -0.1) is 0 Å². The Morgan fingerprint density at radius 1 is 0.917 bits per heavy atom. The van der Waals surface area contributed by atoms with Crippen molar-refractivity contribution in [3.63, 3.8) is 0 Å². The van der Waals surface area contributed by atoms with E-state index in [9.17, 15) is 0 Å². The average Bonchev–Trinajstić information content (AvgIpc) is 2.62. The summed E-state index contributed by atoms with van der Waals surface area (Å²) in [5.41, 5.74) is 2.24. The molecule has 0 spiro atoms. The van der Waals surface area contributed by atoms with Gasteiger partial charge in [0.25, 0.3) is 0 Å². The fourth-order valence-electron chi connectivity index (χ4n) is 2.16. The topological polar surface area (TPSA) is 82.9 Å². The number of methoxy groups -OCH3 is 1. The van der Waals surface area contributed by atoms with Crippen LogP contribution in [0.15, 0.2) is 60.9 Å². The van der Waals surface area contributed by atoms with Gasteiger partial charge in [0, 0.05) is 23.5 Å². The van der Waals surface area contributed by atoms with E-state index in [1.165, 1.54) is 6.33 Å². The summed E-state index contributed by atoms with van der Waals surface area (Å²) in [7, 11) is 1.63. The highest BCUT2D eigenvalue weighted by Gasteiger charge is 2.02. The number of nitrogens with zero attached hydrogens (tertiary/aromatic N) is 3. The van der Waals surface area contributed by atoms with Crippen molar-refractivity contribution in [2.24, 2.45) is 0 Å². The Morgan fingerprint density at radius 3 is 2.25 bits per heavy atom. The highest BCUT2D eigenvalue weighted by Crippen LogP contribution is 2.22. The minimum absolute atomic E-state index is 0.587. The van der Waals surface area contributed by atoms with E-state index in [0.717, 1.165) is 17.1 Å². The van der Waals surface area contributed by atoms with Crippen molar-refractivity contribution in [2.45, 2.75) is 0 Å². The third-order valence-electron chi connectivity index (χ3n) is 3.27. The predicted molar refractivity (Wildman–Crippen MR) is 92.7 cm³/mol. The number of aromatic nitrogens is 2. The molecule has 0 aliphatic rings. The number of anilines is 4. The van der Waals surface area contributed by atoms with Crippen molar-refractivity contribution in [1.82, 2.24) is 9.97 Å². The zero-order chi connectivity index (χ0) is 16.8. The van der Waals surface area contributed by atoms with Crippen molar-refractivity contribution in [3.05, 3.63) is 66.5 Å². The maximum Gasteiger partial charge on any atom is 0.135 e. The molecule has 3 aromatic rings. The minimum atomic E-state index is 0.587. The SMILES string of the molecule is COc1cccc(Nc2cc(Nc3cccc(C#N)c3)ncn2)c1. The lowest BCUT2D eigenvalue weighted by atomic mass is 10.2. The molecule has 0 bridgehead atoms. The maximum atomic E-state index is 8.96. The zero-order valence-corrected chi connectivity index (χ0v) is 13.0. The number of nitriles is 1. The smallest absolute Gasteiger partial charge is 0.135 e. The Balaban J connectivity index is 1.77. The summed E-state index contributed by atoms with van der Waals surface area (Å²) in [6, 6.07) is 18.7. The first kappa shape index (κ1) is 15.3. The van der Waals surface area contributed by atoms with Crippen molar-refractivity contribution in [1.29, 1.82) is 5.26 Å². The summed E-state index contributed by atoms with van der Waals surface area (Å²) in [5, 5.41) is 15.3. The van der Waals surface area contributed by atoms with Crippen LogP contribution >= 0.6 is 0 Å². The molecule has 0 atom stereocenters. The third kappa shape index (κ3) is 3.78. The lowest BCUT2D eigenvalue weighted by Gasteiger charge is -2.09. The first-order valence-electron chi connectivity index (χ1n) is 7.27. The standard InChI is InChI=1S/C18H15N5O/c1-24-16-7-3-6-15(9-16)23-18-10-17(20-12-21-18)22-14-5-2-4-13(8-14)11-19/h2-10,12H,1H3,(H2,20,21,22,23). The van der Waals surface area contributed by atoms with Crippen molar-refractivity contribution in [3.8, 4) is 11.8 Å². The summed E-state index contributed by atoms with van der Waals surface area (Å²) in [6.07, 6.45) is 1.47. The molecular formula is C18H15N5O. The van der Waals surface area contributed by atoms with E-state index in [1.807, 2.05) is 36.4 Å². The number of hydrogen-bond donors (Lipinski definition) is 2. The normalized spacial score (nSPS) is 9.83. The van der Waals surface area contributed by atoms with Crippen LogP contribution in [-0.2, 0) is 0 Å². The highest BCUT2D eigenvalue weighted by atomic mass is 16.5. The Morgan fingerprint density at radius 2 is 1.58 bits per heavy atom. The van der Waals surface area contributed by atoms with Gasteiger partial charge in [-0.05, 0) is 30.3 Å². The predicted octanol–water partition coefficient (Wildman–Crippen LogP) is 3.84. The summed E-state index contributed by atoms with van der Waals surface area (Å²) in [6.45, 7) is 0. The van der Waals surface area contributed by atoms with E-state index >= 15 is 0 Å². The van der Waals surface area contributed by atoms with Crippen LogP contribution in [0.25, 0.3) is 0 Å². The molecule has 1 heterocycles. The first-order chi connectivity index (χ1) is 11.8. The molecule has 0 amide bonds. The van der Waals surface area contributed by atoms with E-state index in [0.29, 0.717) is 17.2 Å². The summed E-state index contributed by atoms with van der Waals surface area (Å²) in [5.74, 6) is 2.04. The van der Waals surface area contributed by atoms with E-state index in [2.05, 4.69) is 26.7 Å². The second-order valence-corrected chi connectivity index (χ2v) is 4.96. The largest absolute Gasteiger partial charge is 0.497 e. The summed E-state index contributed by atoms with van der Waals surface area (Å²) < 4.78 is 5.21. The van der Waals surface area contributed by atoms with Gasteiger partial charge in [-0.1, -0.05) is 12.1 Å². The maximum absolute atomic E-state index is 8.96. The average molecular weight is 317 g/mol. The van der Waals surface area contributed by atoms with Gasteiger partial charge in [0.1, 0.15) is 23.7 Å². The monoisotopic (exact) mass is 317 g/mol. The fraction of sp³-hybridized carbons (Fsp3) is 0.0556. The molecule has 6 nitrogen and oxygen atoms in total. The molecule has 0 saturated carbocycles. The Labute approximate surface area is 139 Å². The second-order valence-electron chi connectivity index (χ2n) is 4.96. The molecule has 0 aliphatic carbocycles. The Hall–Kier alpha value is -3.59. The number of hydrogen-bond acceptors (Lipinski definition) is 6. The van der Waals surface area contributed by atoms with Crippen LogP contribution in [0, 0.1) is 11.3 Å². The van der Waals surface area contributed by atoms with Gasteiger partial charge in [0.15, 0.2) is 0 Å². The molecule has 3 rings (SSSR count). The highest BCUT2D eigenvalue weighted by molar-refractivity contribution is 5.64. The molecule has 118 valence electrons. The van der Waals surface area contributed by atoms with Gasteiger partial charge in [0.2, 0.25) is 0 Å². The van der Waals surface area contributed by atoms with Crippen LogP contribution in [0.1, 0.15) is 5.56 Å². The first-order valence-corrected chi connectivity index (χ1v) is 7.27. The summed E-state index contributed by atoms with van der Waals surface area (Å²) >= 11 is 0. The van der Waals surface area contributed by atoms with E-state index in [1.54, 1.807) is 25.3 Å². The van der Waals surface area contributed by atoms with Crippen LogP contribution in [0.5, 0.6) is 5.75 Å². The number of benzene rings is 2. The van der Waals surface area contributed by atoms with Crippen molar-refractivity contribution >= 4 is 23.0 Å².